The maximum Gasteiger partial charge on any atom is 0.323 e. The molecule has 20 heavy (non-hydrogen) atoms. The summed E-state index contributed by atoms with van der Waals surface area (Å²) >= 11 is 0. The Morgan fingerprint density at radius 2 is 2.05 bits per heavy atom. The van der Waals surface area contributed by atoms with E-state index in [1.54, 1.807) is 0 Å². The van der Waals surface area contributed by atoms with Crippen molar-refractivity contribution in [2.75, 3.05) is 6.54 Å². The Balaban J connectivity index is 2.33. The summed E-state index contributed by atoms with van der Waals surface area (Å²) in [7, 11) is 2.12. The zero-order valence-electron chi connectivity index (χ0n) is 13.2. The van der Waals surface area contributed by atoms with Crippen molar-refractivity contribution < 1.29 is 9.90 Å². The third-order valence-corrected chi connectivity index (χ3v) is 4.59. The predicted octanol–water partition coefficient (Wildman–Crippen LogP) is 1.69. The van der Waals surface area contributed by atoms with Gasteiger partial charge in [-0.1, -0.05) is 38.9 Å². The molecule has 0 aromatic rings. The zero-order chi connectivity index (χ0) is 15.1. The molecule has 1 unspecified atom stereocenters. The fourth-order valence-electron chi connectivity index (χ4n) is 2.76. The van der Waals surface area contributed by atoms with E-state index in [0.29, 0.717) is 18.4 Å². The molecule has 1 aliphatic rings. The summed E-state index contributed by atoms with van der Waals surface area (Å²) in [5.74, 6) is -0.853. The van der Waals surface area contributed by atoms with Crippen molar-refractivity contribution in [2.45, 2.75) is 82.1 Å². The van der Waals surface area contributed by atoms with Gasteiger partial charge in [-0.25, -0.2) is 0 Å². The SMILES string of the molecule is BCCCCC(N)(CCNC1(CCCC)CC1)C(=O)O. The largest absolute Gasteiger partial charge is 0.480 e. The fourth-order valence-corrected chi connectivity index (χ4v) is 2.76. The molecule has 4 nitrogen and oxygen atoms in total. The molecule has 0 aliphatic heterocycles. The first-order valence-electron chi connectivity index (χ1n) is 8.25. The summed E-state index contributed by atoms with van der Waals surface area (Å²) in [4.78, 5) is 11.4. The number of aliphatic carboxylic acids is 1. The van der Waals surface area contributed by atoms with Crippen LogP contribution < -0.4 is 11.1 Å². The first-order valence-corrected chi connectivity index (χ1v) is 8.25. The van der Waals surface area contributed by atoms with E-state index >= 15 is 0 Å². The van der Waals surface area contributed by atoms with Crippen LogP contribution in [-0.4, -0.2) is 36.5 Å². The number of hydrogen-bond donors (Lipinski definition) is 3. The number of nitrogens with two attached hydrogens (primary N) is 1. The molecule has 1 fully saturated rings. The monoisotopic (exact) mass is 282 g/mol. The third kappa shape index (κ3) is 5.45. The van der Waals surface area contributed by atoms with Crippen molar-refractivity contribution in [1.29, 1.82) is 0 Å². The molecule has 0 bridgehead atoms. The molecule has 5 heteroatoms. The van der Waals surface area contributed by atoms with Gasteiger partial charge >= 0.3 is 5.97 Å². The van der Waals surface area contributed by atoms with Crippen LogP contribution in [0.15, 0.2) is 0 Å². The summed E-state index contributed by atoms with van der Waals surface area (Å²) in [6, 6.07) is 0. The lowest BCUT2D eigenvalue weighted by molar-refractivity contribution is -0.144. The van der Waals surface area contributed by atoms with E-state index in [-0.39, 0.29) is 0 Å². The van der Waals surface area contributed by atoms with Gasteiger partial charge in [0.15, 0.2) is 0 Å². The van der Waals surface area contributed by atoms with Crippen LogP contribution in [0.4, 0.5) is 0 Å². The van der Waals surface area contributed by atoms with E-state index in [4.69, 9.17) is 5.73 Å². The van der Waals surface area contributed by atoms with E-state index in [1.165, 1.54) is 32.1 Å². The van der Waals surface area contributed by atoms with Crippen LogP contribution in [0.3, 0.4) is 0 Å². The average molecular weight is 282 g/mol. The second kappa shape index (κ2) is 8.03. The second-order valence-corrected chi connectivity index (χ2v) is 6.48. The molecular weight excluding hydrogens is 251 g/mol. The molecular formula is C15H31BN2O2. The van der Waals surface area contributed by atoms with E-state index in [2.05, 4.69) is 20.1 Å². The number of rotatable bonds is 12. The topological polar surface area (TPSA) is 75.3 Å². The lowest BCUT2D eigenvalue weighted by atomic mass is 9.88. The quantitative estimate of drug-likeness (QED) is 0.376. The normalized spacial score (nSPS) is 19.5. The molecule has 4 N–H and O–H groups in total. The number of nitrogens with one attached hydrogen (secondary N) is 1. The minimum absolute atomic E-state index is 0.304. The van der Waals surface area contributed by atoms with E-state index in [0.717, 1.165) is 25.7 Å². The molecule has 0 aromatic heterocycles. The minimum atomic E-state index is -1.05. The Hall–Kier alpha value is -0.545. The highest BCUT2D eigenvalue weighted by molar-refractivity contribution is 6.08. The second-order valence-electron chi connectivity index (χ2n) is 6.48. The van der Waals surface area contributed by atoms with Crippen LogP contribution in [-0.2, 0) is 4.79 Å². The number of carboxylic acid groups (broad SMARTS) is 1. The average Bonchev–Trinajstić information content (AvgIpc) is 3.17. The summed E-state index contributed by atoms with van der Waals surface area (Å²) in [5.41, 5.74) is 5.34. The van der Waals surface area contributed by atoms with Crippen LogP contribution >= 0.6 is 0 Å². The third-order valence-electron chi connectivity index (χ3n) is 4.59. The number of hydrogen-bond acceptors (Lipinski definition) is 3. The molecule has 0 radical (unpaired) electrons. The first-order chi connectivity index (χ1) is 9.48. The Morgan fingerprint density at radius 1 is 1.35 bits per heavy atom. The van der Waals surface area contributed by atoms with E-state index in [9.17, 15) is 9.90 Å². The highest BCUT2D eigenvalue weighted by Gasteiger charge is 2.42. The summed E-state index contributed by atoms with van der Waals surface area (Å²) in [6.07, 6.45) is 10.3. The molecule has 1 rings (SSSR count). The van der Waals surface area contributed by atoms with Gasteiger partial charge in [-0.05, 0) is 38.6 Å². The maximum atomic E-state index is 11.4. The molecule has 0 heterocycles. The van der Waals surface area contributed by atoms with Crippen molar-refractivity contribution in [3.05, 3.63) is 0 Å². The maximum absolute atomic E-state index is 11.4. The Labute approximate surface area is 124 Å². The van der Waals surface area contributed by atoms with Crippen LogP contribution in [0.5, 0.6) is 0 Å². The Kier molecular flexibility index (Phi) is 7.03. The standard InChI is InChI=1S/C15H31BN2O2/c1-2-3-6-14(8-9-14)18-12-10-15(17,13(19)20)7-4-5-11-16/h18H,2-12,16-17H2,1H3,(H,19,20). The van der Waals surface area contributed by atoms with Gasteiger partial charge in [-0.15, -0.1) is 0 Å². The first kappa shape index (κ1) is 17.5. The highest BCUT2D eigenvalue weighted by atomic mass is 16.4. The fraction of sp³-hybridized carbons (Fsp3) is 0.933. The van der Waals surface area contributed by atoms with E-state index in [1.807, 2.05) is 0 Å². The molecule has 0 spiro atoms. The highest BCUT2D eigenvalue weighted by Crippen LogP contribution is 2.40. The lowest BCUT2D eigenvalue weighted by Gasteiger charge is -2.26. The predicted molar refractivity (Wildman–Crippen MR) is 85.9 cm³/mol. The number of carboxylic acids is 1. The molecule has 0 saturated heterocycles. The minimum Gasteiger partial charge on any atom is -0.480 e. The van der Waals surface area contributed by atoms with Gasteiger partial charge in [0.2, 0.25) is 0 Å². The molecule has 116 valence electrons. The smallest absolute Gasteiger partial charge is 0.323 e. The van der Waals surface area contributed by atoms with Gasteiger partial charge in [-0.3, -0.25) is 4.79 Å². The summed E-state index contributed by atoms with van der Waals surface area (Å²) in [5, 5.41) is 12.9. The van der Waals surface area contributed by atoms with Crippen LogP contribution in [0.2, 0.25) is 6.32 Å². The van der Waals surface area contributed by atoms with Crippen molar-refractivity contribution in [1.82, 2.24) is 5.32 Å². The van der Waals surface area contributed by atoms with Crippen molar-refractivity contribution >= 4 is 13.8 Å². The molecule has 0 amide bonds. The van der Waals surface area contributed by atoms with Gasteiger partial charge < -0.3 is 16.2 Å². The summed E-state index contributed by atoms with van der Waals surface area (Å²) in [6.45, 7) is 2.93. The van der Waals surface area contributed by atoms with E-state index < -0.39 is 11.5 Å². The molecule has 1 atom stereocenters. The van der Waals surface area contributed by atoms with Gasteiger partial charge in [0.1, 0.15) is 13.4 Å². The van der Waals surface area contributed by atoms with Crippen LogP contribution in [0.1, 0.15) is 64.7 Å². The van der Waals surface area contributed by atoms with Gasteiger partial charge in [0, 0.05) is 5.54 Å². The summed E-state index contributed by atoms with van der Waals surface area (Å²) < 4.78 is 0. The van der Waals surface area contributed by atoms with Crippen LogP contribution in [0, 0.1) is 0 Å². The number of carbonyl (C=O) groups is 1. The molecule has 1 aliphatic carbocycles. The Bertz CT molecular complexity index is 308. The van der Waals surface area contributed by atoms with Crippen molar-refractivity contribution in [3.63, 3.8) is 0 Å². The van der Waals surface area contributed by atoms with Crippen molar-refractivity contribution in [2.24, 2.45) is 5.73 Å². The van der Waals surface area contributed by atoms with Gasteiger partial charge in [-0.2, -0.15) is 0 Å². The van der Waals surface area contributed by atoms with Crippen molar-refractivity contribution in [3.8, 4) is 0 Å². The van der Waals surface area contributed by atoms with Gasteiger partial charge in [0.05, 0.1) is 0 Å². The molecule has 1 saturated carbocycles. The molecule has 0 aromatic carbocycles. The number of unbranched alkanes of at least 4 members (excludes halogenated alkanes) is 2. The zero-order valence-corrected chi connectivity index (χ0v) is 13.2. The van der Waals surface area contributed by atoms with Gasteiger partial charge in [0.25, 0.3) is 0 Å². The lowest BCUT2D eigenvalue weighted by Crippen LogP contribution is -2.50. The van der Waals surface area contributed by atoms with Crippen LogP contribution in [0.25, 0.3) is 0 Å². The Morgan fingerprint density at radius 3 is 2.55 bits per heavy atom.